The highest BCUT2D eigenvalue weighted by atomic mass is 35.5. The number of nitrogens with one attached hydrogen (secondary N) is 3. The predicted molar refractivity (Wildman–Crippen MR) is 124 cm³/mol. The minimum Gasteiger partial charge on any atom is -0.390 e. The number of rotatable bonds is 6. The van der Waals surface area contributed by atoms with Gasteiger partial charge in [0.2, 0.25) is 5.95 Å². The van der Waals surface area contributed by atoms with E-state index < -0.39 is 5.60 Å². The molecule has 5 rings (SSSR count). The summed E-state index contributed by atoms with van der Waals surface area (Å²) in [6.45, 7) is 4.70. The van der Waals surface area contributed by atoms with Gasteiger partial charge in [0.05, 0.1) is 22.5 Å². The third-order valence-corrected chi connectivity index (χ3v) is 6.90. The van der Waals surface area contributed by atoms with Gasteiger partial charge in [0.25, 0.3) is 0 Å². The summed E-state index contributed by atoms with van der Waals surface area (Å²) in [5, 5.41) is 19.2. The number of halogens is 1. The number of para-hydroxylation sites is 1. The van der Waals surface area contributed by atoms with Gasteiger partial charge in [-0.05, 0) is 44.8 Å². The Morgan fingerprint density at radius 3 is 2.97 bits per heavy atom. The second kappa shape index (κ2) is 8.74. The molecule has 8 heteroatoms. The molecule has 0 radical (unpaired) electrons. The highest BCUT2D eigenvalue weighted by molar-refractivity contribution is 6.33. The van der Waals surface area contributed by atoms with Crippen LogP contribution in [0.2, 0.25) is 5.02 Å². The minimum atomic E-state index is -0.510. The Morgan fingerprint density at radius 1 is 1.26 bits per heavy atom. The molecule has 4 N–H and O–H groups in total. The molecule has 2 aliphatic heterocycles. The SMILES string of the molecule is OC1(CCN2CCC(Nc3ncc(Cl)c(-c4c[nH]c5ccccc45)n3)C2)CCNCC1. The zero-order valence-electron chi connectivity index (χ0n) is 17.6. The van der Waals surface area contributed by atoms with Crippen LogP contribution in [0.3, 0.4) is 0 Å². The van der Waals surface area contributed by atoms with E-state index in [1.54, 1.807) is 6.20 Å². The molecular formula is C23H29ClN6O. The number of fused-ring (bicyclic) bond motifs is 1. The fraction of sp³-hybridized carbons (Fsp3) is 0.478. The number of aliphatic hydroxyl groups is 1. The molecule has 31 heavy (non-hydrogen) atoms. The Morgan fingerprint density at radius 2 is 2.10 bits per heavy atom. The van der Waals surface area contributed by atoms with Crippen molar-refractivity contribution in [2.75, 3.05) is 38.0 Å². The van der Waals surface area contributed by atoms with Crippen LogP contribution in [-0.2, 0) is 0 Å². The Bertz CT molecular complexity index is 1050. The topological polar surface area (TPSA) is 89.1 Å². The van der Waals surface area contributed by atoms with E-state index in [0.717, 1.165) is 80.6 Å². The normalized spacial score (nSPS) is 21.5. The molecular weight excluding hydrogens is 412 g/mol. The first-order chi connectivity index (χ1) is 15.1. The van der Waals surface area contributed by atoms with Gasteiger partial charge < -0.3 is 25.6 Å². The van der Waals surface area contributed by atoms with Gasteiger partial charge in [0, 0.05) is 48.3 Å². The molecule has 2 aliphatic rings. The maximum absolute atomic E-state index is 10.7. The van der Waals surface area contributed by atoms with Crippen LogP contribution in [0.4, 0.5) is 5.95 Å². The molecule has 1 atom stereocenters. The highest BCUT2D eigenvalue weighted by Crippen LogP contribution is 2.32. The van der Waals surface area contributed by atoms with Crippen molar-refractivity contribution < 1.29 is 5.11 Å². The maximum atomic E-state index is 10.7. The van der Waals surface area contributed by atoms with Crippen LogP contribution in [0.1, 0.15) is 25.7 Å². The smallest absolute Gasteiger partial charge is 0.223 e. The first-order valence-corrected chi connectivity index (χ1v) is 11.5. The number of H-pyrrole nitrogens is 1. The molecule has 3 aromatic rings. The first kappa shape index (κ1) is 20.7. The third kappa shape index (κ3) is 4.55. The predicted octanol–water partition coefficient (Wildman–Crippen LogP) is 3.27. The number of piperidine rings is 1. The van der Waals surface area contributed by atoms with E-state index in [1.807, 2.05) is 24.4 Å². The molecule has 0 saturated carbocycles. The van der Waals surface area contributed by atoms with Crippen molar-refractivity contribution in [1.29, 1.82) is 0 Å². The summed E-state index contributed by atoms with van der Waals surface area (Å²) in [5.74, 6) is 0.605. The Labute approximate surface area is 187 Å². The van der Waals surface area contributed by atoms with E-state index in [4.69, 9.17) is 16.6 Å². The van der Waals surface area contributed by atoms with Crippen LogP contribution in [0.15, 0.2) is 36.7 Å². The van der Waals surface area contributed by atoms with Crippen LogP contribution in [0.25, 0.3) is 22.2 Å². The van der Waals surface area contributed by atoms with E-state index in [0.29, 0.717) is 17.0 Å². The summed E-state index contributed by atoms with van der Waals surface area (Å²) in [4.78, 5) is 14.9. The molecule has 0 aliphatic carbocycles. The highest BCUT2D eigenvalue weighted by Gasteiger charge is 2.31. The number of hydrogen-bond donors (Lipinski definition) is 4. The van der Waals surface area contributed by atoms with Crippen LogP contribution >= 0.6 is 11.6 Å². The molecule has 2 aromatic heterocycles. The van der Waals surface area contributed by atoms with Crippen LogP contribution < -0.4 is 10.6 Å². The van der Waals surface area contributed by atoms with Crippen LogP contribution in [0, 0.1) is 0 Å². The summed E-state index contributed by atoms with van der Waals surface area (Å²) < 4.78 is 0. The van der Waals surface area contributed by atoms with E-state index in [2.05, 4.69) is 31.6 Å². The summed E-state index contributed by atoms with van der Waals surface area (Å²) in [5.41, 5.74) is 2.27. The number of hydrogen-bond acceptors (Lipinski definition) is 6. The molecule has 0 amide bonds. The zero-order chi connectivity index (χ0) is 21.3. The maximum Gasteiger partial charge on any atom is 0.223 e. The van der Waals surface area contributed by atoms with Crippen molar-refractivity contribution in [2.24, 2.45) is 0 Å². The fourth-order valence-corrected chi connectivity index (χ4v) is 4.93. The standard InChI is InChI=1S/C23H29ClN6O/c24-19-14-27-22(29-21(19)18-13-26-20-4-2-1-3-17(18)20)28-16-5-11-30(15-16)12-8-23(31)6-9-25-10-7-23/h1-4,13-14,16,25-26,31H,5-12,15H2,(H,27,28,29). The second-order valence-electron chi connectivity index (χ2n) is 8.79. The lowest BCUT2D eigenvalue weighted by Gasteiger charge is -2.34. The minimum absolute atomic E-state index is 0.291. The van der Waals surface area contributed by atoms with E-state index in [-0.39, 0.29) is 0 Å². The van der Waals surface area contributed by atoms with Gasteiger partial charge in [-0.3, -0.25) is 0 Å². The summed E-state index contributed by atoms with van der Waals surface area (Å²) in [7, 11) is 0. The van der Waals surface area contributed by atoms with Gasteiger partial charge in [-0.15, -0.1) is 0 Å². The summed E-state index contributed by atoms with van der Waals surface area (Å²) >= 11 is 6.45. The fourth-order valence-electron chi connectivity index (χ4n) is 4.74. The molecule has 4 heterocycles. The van der Waals surface area contributed by atoms with E-state index >= 15 is 0 Å². The molecule has 7 nitrogen and oxygen atoms in total. The van der Waals surface area contributed by atoms with Gasteiger partial charge in [0.15, 0.2) is 0 Å². The lowest BCUT2D eigenvalue weighted by atomic mass is 9.89. The average molecular weight is 441 g/mol. The molecule has 1 aromatic carbocycles. The van der Waals surface area contributed by atoms with Crippen molar-refractivity contribution in [1.82, 2.24) is 25.2 Å². The lowest BCUT2D eigenvalue weighted by molar-refractivity contribution is -0.00412. The van der Waals surface area contributed by atoms with Crippen molar-refractivity contribution in [2.45, 2.75) is 37.3 Å². The molecule has 164 valence electrons. The number of aromatic amines is 1. The van der Waals surface area contributed by atoms with Crippen molar-refractivity contribution >= 4 is 28.5 Å². The van der Waals surface area contributed by atoms with E-state index in [9.17, 15) is 5.11 Å². The van der Waals surface area contributed by atoms with Gasteiger partial charge in [-0.1, -0.05) is 29.8 Å². The molecule has 0 bridgehead atoms. The van der Waals surface area contributed by atoms with E-state index in [1.165, 1.54) is 0 Å². The van der Waals surface area contributed by atoms with Gasteiger partial charge in [-0.25, -0.2) is 9.97 Å². The number of benzene rings is 1. The third-order valence-electron chi connectivity index (χ3n) is 6.62. The molecule has 0 spiro atoms. The largest absolute Gasteiger partial charge is 0.390 e. The van der Waals surface area contributed by atoms with Crippen LogP contribution in [0.5, 0.6) is 0 Å². The quantitative estimate of drug-likeness (QED) is 0.470. The monoisotopic (exact) mass is 440 g/mol. The Balaban J connectivity index is 1.23. The summed E-state index contributed by atoms with van der Waals surface area (Å²) in [6.07, 6.45) is 7.19. The zero-order valence-corrected chi connectivity index (χ0v) is 18.3. The Hall–Kier alpha value is -2.19. The molecule has 2 fully saturated rings. The first-order valence-electron chi connectivity index (χ1n) is 11.1. The van der Waals surface area contributed by atoms with Gasteiger partial charge >= 0.3 is 0 Å². The average Bonchev–Trinajstić information content (AvgIpc) is 3.41. The van der Waals surface area contributed by atoms with Crippen LogP contribution in [-0.4, -0.2) is 69.3 Å². The van der Waals surface area contributed by atoms with Crippen molar-refractivity contribution in [3.63, 3.8) is 0 Å². The molecule has 2 saturated heterocycles. The van der Waals surface area contributed by atoms with Gasteiger partial charge in [-0.2, -0.15) is 0 Å². The second-order valence-corrected chi connectivity index (χ2v) is 9.20. The lowest BCUT2D eigenvalue weighted by Crippen LogP contribution is -2.44. The number of likely N-dealkylation sites (tertiary alicyclic amines) is 1. The van der Waals surface area contributed by atoms with Gasteiger partial charge in [0.1, 0.15) is 0 Å². The number of nitrogens with zero attached hydrogens (tertiary/aromatic N) is 3. The number of anilines is 1. The van der Waals surface area contributed by atoms with Crippen molar-refractivity contribution in [3.05, 3.63) is 41.7 Å². The van der Waals surface area contributed by atoms with Crippen molar-refractivity contribution in [3.8, 4) is 11.3 Å². The molecule has 1 unspecified atom stereocenters. The Kier molecular flexibility index (Phi) is 5.84. The number of aromatic nitrogens is 3. The summed E-state index contributed by atoms with van der Waals surface area (Å²) in [6, 6.07) is 8.42.